The minimum absolute atomic E-state index is 0.00597. The van der Waals surface area contributed by atoms with Crippen molar-refractivity contribution in [3.8, 4) is 0 Å². The van der Waals surface area contributed by atoms with Crippen LogP contribution in [0.15, 0.2) is 28.7 Å². The first kappa shape index (κ1) is 33.6. The third kappa shape index (κ3) is 15.7. The normalized spacial score (nSPS) is 13.3. The maximum atomic E-state index is 12.7. The molecule has 0 fully saturated rings. The van der Waals surface area contributed by atoms with E-state index in [4.69, 9.17) is 9.47 Å². The van der Waals surface area contributed by atoms with Gasteiger partial charge in [-0.3, -0.25) is 9.59 Å². The smallest absolute Gasteiger partial charge is 0.329 e. The SMILES string of the molecule is CC(=O)C(CCCCNCc1ccc(Br)cc1)NC(=O)NC(CCC(=O)OC(C)(C)C)C(=O)OC(C)(C)C. The van der Waals surface area contributed by atoms with E-state index in [0.717, 1.165) is 30.4 Å². The summed E-state index contributed by atoms with van der Waals surface area (Å²) in [6.07, 6.45) is 1.96. The molecule has 0 aromatic heterocycles. The molecule has 214 valence electrons. The van der Waals surface area contributed by atoms with E-state index in [1.807, 2.05) is 24.3 Å². The molecule has 0 aliphatic heterocycles. The number of urea groups is 1. The van der Waals surface area contributed by atoms with E-state index in [2.05, 4.69) is 31.9 Å². The molecule has 1 rings (SSSR count). The molecule has 3 N–H and O–H groups in total. The number of halogens is 1. The molecule has 0 aliphatic rings. The Morgan fingerprint density at radius 1 is 0.842 bits per heavy atom. The van der Waals surface area contributed by atoms with Crippen molar-refractivity contribution >= 4 is 39.7 Å². The van der Waals surface area contributed by atoms with Crippen LogP contribution in [0.25, 0.3) is 0 Å². The second-order valence-electron chi connectivity index (χ2n) is 11.3. The fourth-order valence-electron chi connectivity index (χ4n) is 3.45. The van der Waals surface area contributed by atoms with E-state index < -0.39 is 41.3 Å². The number of benzene rings is 1. The Labute approximate surface area is 235 Å². The largest absolute Gasteiger partial charge is 0.460 e. The van der Waals surface area contributed by atoms with E-state index in [0.29, 0.717) is 6.42 Å². The van der Waals surface area contributed by atoms with Gasteiger partial charge in [0.05, 0.1) is 6.04 Å². The van der Waals surface area contributed by atoms with Crippen LogP contribution in [-0.2, 0) is 30.4 Å². The molecular weight excluding hydrogens is 554 g/mol. The average Bonchev–Trinajstić information content (AvgIpc) is 2.76. The van der Waals surface area contributed by atoms with Crippen LogP contribution in [0.4, 0.5) is 4.79 Å². The molecule has 38 heavy (non-hydrogen) atoms. The van der Waals surface area contributed by atoms with Gasteiger partial charge in [0.2, 0.25) is 0 Å². The summed E-state index contributed by atoms with van der Waals surface area (Å²) < 4.78 is 11.8. The van der Waals surface area contributed by atoms with Gasteiger partial charge in [0.1, 0.15) is 17.2 Å². The second kappa shape index (κ2) is 15.8. The number of amides is 2. The predicted molar refractivity (Wildman–Crippen MR) is 151 cm³/mol. The predicted octanol–water partition coefficient (Wildman–Crippen LogP) is 4.80. The van der Waals surface area contributed by atoms with Crippen LogP contribution in [0, 0.1) is 0 Å². The lowest BCUT2D eigenvalue weighted by Crippen LogP contribution is -2.52. The second-order valence-corrected chi connectivity index (χ2v) is 12.2. The monoisotopic (exact) mass is 597 g/mol. The van der Waals surface area contributed by atoms with Crippen molar-refractivity contribution in [1.82, 2.24) is 16.0 Å². The highest BCUT2D eigenvalue weighted by Gasteiger charge is 2.29. The first-order valence-corrected chi connectivity index (χ1v) is 13.8. The molecule has 9 nitrogen and oxygen atoms in total. The topological polar surface area (TPSA) is 123 Å². The lowest BCUT2D eigenvalue weighted by molar-refractivity contribution is -0.158. The van der Waals surface area contributed by atoms with Gasteiger partial charge in [-0.05, 0) is 98.4 Å². The molecule has 1 aromatic rings. The molecule has 2 atom stereocenters. The maximum Gasteiger partial charge on any atom is 0.329 e. The summed E-state index contributed by atoms with van der Waals surface area (Å²) in [7, 11) is 0. The van der Waals surface area contributed by atoms with Gasteiger partial charge in [0.25, 0.3) is 0 Å². The highest BCUT2D eigenvalue weighted by molar-refractivity contribution is 9.10. The lowest BCUT2D eigenvalue weighted by Gasteiger charge is -2.26. The molecule has 0 heterocycles. The molecule has 0 aliphatic carbocycles. The summed E-state index contributed by atoms with van der Waals surface area (Å²) >= 11 is 3.42. The summed E-state index contributed by atoms with van der Waals surface area (Å²) in [5.74, 6) is -1.32. The molecule has 0 saturated carbocycles. The van der Waals surface area contributed by atoms with Crippen molar-refractivity contribution in [2.45, 2.75) is 110 Å². The van der Waals surface area contributed by atoms with Gasteiger partial charge in [0, 0.05) is 17.4 Å². The van der Waals surface area contributed by atoms with Gasteiger partial charge in [0.15, 0.2) is 5.78 Å². The molecule has 1 aromatic carbocycles. The number of carbonyl (C=O) groups excluding carboxylic acids is 4. The first-order valence-electron chi connectivity index (χ1n) is 13.0. The van der Waals surface area contributed by atoms with Crippen LogP contribution in [-0.4, -0.2) is 53.6 Å². The molecule has 2 unspecified atom stereocenters. The summed E-state index contributed by atoms with van der Waals surface area (Å²) in [6, 6.07) is 5.65. The molecule has 0 spiro atoms. The minimum Gasteiger partial charge on any atom is -0.460 e. The van der Waals surface area contributed by atoms with Crippen LogP contribution in [0.5, 0.6) is 0 Å². The average molecular weight is 599 g/mol. The van der Waals surface area contributed by atoms with Gasteiger partial charge < -0.3 is 25.4 Å². The summed E-state index contributed by atoms with van der Waals surface area (Å²) in [5, 5.41) is 8.61. The number of hydrogen-bond donors (Lipinski definition) is 3. The van der Waals surface area contributed by atoms with Crippen LogP contribution < -0.4 is 16.0 Å². The maximum absolute atomic E-state index is 12.7. The van der Waals surface area contributed by atoms with Crippen molar-refractivity contribution in [2.75, 3.05) is 6.54 Å². The molecule has 0 saturated heterocycles. The van der Waals surface area contributed by atoms with Gasteiger partial charge in [-0.15, -0.1) is 0 Å². The number of Topliss-reactive ketones (excluding diaryl/α,β-unsaturated/α-hetero) is 1. The van der Waals surface area contributed by atoms with E-state index >= 15 is 0 Å². The van der Waals surface area contributed by atoms with Crippen LogP contribution in [0.3, 0.4) is 0 Å². The van der Waals surface area contributed by atoms with E-state index in [1.54, 1.807) is 41.5 Å². The number of unbranched alkanes of at least 4 members (excludes halogenated alkanes) is 1. The van der Waals surface area contributed by atoms with Gasteiger partial charge in [-0.25, -0.2) is 9.59 Å². The Bertz CT molecular complexity index is 922. The van der Waals surface area contributed by atoms with E-state index in [9.17, 15) is 19.2 Å². The third-order valence-electron chi connectivity index (χ3n) is 5.19. The molecule has 2 amide bonds. The van der Waals surface area contributed by atoms with Crippen molar-refractivity contribution in [3.63, 3.8) is 0 Å². The van der Waals surface area contributed by atoms with Gasteiger partial charge in [-0.2, -0.15) is 0 Å². The number of nitrogens with one attached hydrogen (secondary N) is 3. The number of ether oxygens (including phenoxy) is 2. The Balaban J connectivity index is 2.59. The standard InChI is InChI=1S/C28H44BrN3O6/c1-19(33)22(10-8-9-17-30-18-20-11-13-21(29)14-12-20)31-26(36)32-23(25(35)38-28(5,6)7)15-16-24(34)37-27(2,3)4/h11-14,22-23,30H,8-10,15-18H2,1-7H3,(H2,31,32,36). The summed E-state index contributed by atoms with van der Waals surface area (Å²) in [5.41, 5.74) is -0.251. The fourth-order valence-corrected chi connectivity index (χ4v) is 3.71. The van der Waals surface area contributed by atoms with Crippen molar-refractivity contribution in [1.29, 1.82) is 0 Å². The summed E-state index contributed by atoms with van der Waals surface area (Å²) in [6.45, 7) is 13.4. The van der Waals surface area contributed by atoms with Crippen LogP contribution >= 0.6 is 15.9 Å². The Kier molecular flexibility index (Phi) is 14.0. The Morgan fingerprint density at radius 3 is 1.97 bits per heavy atom. The Hall–Kier alpha value is -2.46. The number of hydrogen-bond acceptors (Lipinski definition) is 7. The van der Waals surface area contributed by atoms with Crippen LogP contribution in [0.1, 0.15) is 86.1 Å². The van der Waals surface area contributed by atoms with Gasteiger partial charge >= 0.3 is 18.0 Å². The fraction of sp³-hybridized carbons (Fsp3) is 0.643. The number of rotatable bonds is 14. The highest BCUT2D eigenvalue weighted by Crippen LogP contribution is 2.14. The number of esters is 2. The molecular formula is C28H44BrN3O6. The zero-order chi connectivity index (χ0) is 28.9. The molecule has 0 bridgehead atoms. The highest BCUT2D eigenvalue weighted by atomic mass is 79.9. The third-order valence-corrected chi connectivity index (χ3v) is 5.72. The van der Waals surface area contributed by atoms with Crippen molar-refractivity contribution in [2.24, 2.45) is 0 Å². The Morgan fingerprint density at radius 2 is 1.42 bits per heavy atom. The minimum atomic E-state index is -1.07. The van der Waals surface area contributed by atoms with Crippen molar-refractivity contribution < 1.29 is 28.7 Å². The zero-order valence-electron chi connectivity index (χ0n) is 23.7. The number of ketones is 1. The molecule has 0 radical (unpaired) electrons. The zero-order valence-corrected chi connectivity index (χ0v) is 25.3. The van der Waals surface area contributed by atoms with E-state index in [1.165, 1.54) is 12.5 Å². The van der Waals surface area contributed by atoms with Crippen molar-refractivity contribution in [3.05, 3.63) is 34.3 Å². The van der Waals surface area contributed by atoms with E-state index in [-0.39, 0.29) is 18.6 Å². The molecule has 10 heteroatoms. The summed E-state index contributed by atoms with van der Waals surface area (Å²) in [4.78, 5) is 49.7. The quantitative estimate of drug-likeness (QED) is 0.208. The lowest BCUT2D eigenvalue weighted by atomic mass is 10.1. The van der Waals surface area contributed by atoms with Crippen LogP contribution in [0.2, 0.25) is 0 Å². The number of carbonyl (C=O) groups is 4. The first-order chi connectivity index (χ1) is 17.6. The van der Waals surface area contributed by atoms with Gasteiger partial charge in [-0.1, -0.05) is 28.1 Å².